The molecule has 2 heterocycles. The second-order valence-electron chi connectivity index (χ2n) is 4.40. The monoisotopic (exact) mass is 217 g/mol. The van der Waals surface area contributed by atoms with E-state index in [2.05, 4.69) is 41.8 Å². The fourth-order valence-corrected chi connectivity index (χ4v) is 2.10. The second kappa shape index (κ2) is 4.64. The van der Waals surface area contributed by atoms with Crippen LogP contribution in [-0.4, -0.2) is 15.0 Å². The van der Waals surface area contributed by atoms with Gasteiger partial charge in [-0.05, 0) is 31.4 Å². The van der Waals surface area contributed by atoms with E-state index in [1.165, 1.54) is 18.4 Å². The van der Waals surface area contributed by atoms with Crippen LogP contribution in [-0.2, 0) is 0 Å². The fourth-order valence-electron chi connectivity index (χ4n) is 2.10. The quantitative estimate of drug-likeness (QED) is 0.850. The molecule has 2 aromatic rings. The molecule has 0 spiro atoms. The van der Waals surface area contributed by atoms with Gasteiger partial charge in [-0.2, -0.15) is 0 Å². The first kappa shape index (κ1) is 11.1. The van der Waals surface area contributed by atoms with Gasteiger partial charge in [0.1, 0.15) is 5.82 Å². The first-order valence-corrected chi connectivity index (χ1v) is 6.06. The molecule has 0 aliphatic heterocycles. The highest BCUT2D eigenvalue weighted by Crippen LogP contribution is 2.24. The number of aromatic amines is 1. The molecule has 1 N–H and O–H groups in total. The van der Waals surface area contributed by atoms with E-state index in [0.717, 1.165) is 23.4 Å². The smallest absolute Gasteiger partial charge is 0.177 e. The zero-order chi connectivity index (χ0) is 11.5. The van der Waals surface area contributed by atoms with Crippen molar-refractivity contribution in [3.05, 3.63) is 23.7 Å². The van der Waals surface area contributed by atoms with Gasteiger partial charge in [-0.15, -0.1) is 0 Å². The Balaban J connectivity index is 2.37. The van der Waals surface area contributed by atoms with Crippen molar-refractivity contribution in [2.24, 2.45) is 0 Å². The zero-order valence-corrected chi connectivity index (χ0v) is 10.2. The Morgan fingerprint density at radius 1 is 1.38 bits per heavy atom. The number of nitrogens with one attached hydrogen (secondary N) is 1. The van der Waals surface area contributed by atoms with Crippen LogP contribution in [0.1, 0.15) is 50.4 Å². The summed E-state index contributed by atoms with van der Waals surface area (Å²) < 4.78 is 0. The first-order valence-electron chi connectivity index (χ1n) is 6.06. The van der Waals surface area contributed by atoms with E-state index >= 15 is 0 Å². The number of rotatable bonds is 4. The summed E-state index contributed by atoms with van der Waals surface area (Å²) in [5.74, 6) is 1.64. The summed E-state index contributed by atoms with van der Waals surface area (Å²) in [6, 6.07) is 2.11. The van der Waals surface area contributed by atoms with Gasteiger partial charge in [-0.25, -0.2) is 9.97 Å². The Kier molecular flexibility index (Phi) is 3.22. The molecule has 0 amide bonds. The number of aromatic nitrogens is 3. The van der Waals surface area contributed by atoms with Gasteiger partial charge in [0.15, 0.2) is 5.65 Å². The lowest BCUT2D eigenvalue weighted by atomic mass is 10.0. The fraction of sp³-hybridized carbons (Fsp3) is 0.538. The Labute approximate surface area is 96.3 Å². The Bertz CT molecular complexity index is 473. The maximum Gasteiger partial charge on any atom is 0.177 e. The van der Waals surface area contributed by atoms with Gasteiger partial charge in [0.2, 0.25) is 0 Å². The highest BCUT2D eigenvalue weighted by atomic mass is 15.0. The largest absolute Gasteiger partial charge is 0.340 e. The van der Waals surface area contributed by atoms with Crippen LogP contribution in [0.15, 0.2) is 12.3 Å². The molecule has 2 aromatic heterocycles. The summed E-state index contributed by atoms with van der Waals surface area (Å²) in [5, 5.41) is 0. The van der Waals surface area contributed by atoms with E-state index in [9.17, 15) is 0 Å². The van der Waals surface area contributed by atoms with Gasteiger partial charge in [-0.1, -0.05) is 20.3 Å². The van der Waals surface area contributed by atoms with E-state index in [4.69, 9.17) is 0 Å². The van der Waals surface area contributed by atoms with E-state index in [1.54, 1.807) is 0 Å². The summed E-state index contributed by atoms with van der Waals surface area (Å²) in [6.45, 7) is 6.48. The number of hydrogen-bond donors (Lipinski definition) is 1. The van der Waals surface area contributed by atoms with E-state index in [0.29, 0.717) is 5.92 Å². The van der Waals surface area contributed by atoms with Gasteiger partial charge in [0.05, 0.1) is 5.52 Å². The number of imidazole rings is 1. The van der Waals surface area contributed by atoms with Crippen molar-refractivity contribution in [1.82, 2.24) is 15.0 Å². The van der Waals surface area contributed by atoms with Crippen LogP contribution in [0.4, 0.5) is 0 Å². The Morgan fingerprint density at radius 3 is 2.88 bits per heavy atom. The molecule has 1 unspecified atom stereocenters. The molecule has 86 valence electrons. The molecule has 3 heteroatoms. The third kappa shape index (κ3) is 2.08. The Morgan fingerprint density at radius 2 is 2.19 bits per heavy atom. The SMILES string of the molecule is CCCC(CC)c1nc2ncc(C)cc2[nH]1. The van der Waals surface area contributed by atoms with Crippen molar-refractivity contribution < 1.29 is 0 Å². The third-order valence-corrected chi connectivity index (χ3v) is 3.01. The minimum Gasteiger partial charge on any atom is -0.340 e. The van der Waals surface area contributed by atoms with E-state index in [1.807, 2.05) is 6.20 Å². The standard InChI is InChI=1S/C13H19N3/c1-4-6-10(5-2)12-15-11-7-9(3)8-14-13(11)16-12/h7-8,10H,4-6H2,1-3H3,(H,14,15,16). The molecule has 0 fully saturated rings. The predicted molar refractivity (Wildman–Crippen MR) is 66.6 cm³/mol. The van der Waals surface area contributed by atoms with Crippen LogP contribution in [0.5, 0.6) is 0 Å². The topological polar surface area (TPSA) is 41.6 Å². The number of H-pyrrole nitrogens is 1. The lowest BCUT2D eigenvalue weighted by Gasteiger charge is -2.09. The first-order chi connectivity index (χ1) is 7.74. The minimum absolute atomic E-state index is 0.541. The van der Waals surface area contributed by atoms with Crippen LogP contribution in [0.2, 0.25) is 0 Å². The lowest BCUT2D eigenvalue weighted by Crippen LogP contribution is -1.98. The molecular formula is C13H19N3. The minimum atomic E-state index is 0.541. The summed E-state index contributed by atoms with van der Waals surface area (Å²) in [5.41, 5.74) is 3.07. The predicted octanol–water partition coefficient (Wildman–Crippen LogP) is 3.56. The molecular weight excluding hydrogens is 198 g/mol. The van der Waals surface area contributed by atoms with Crippen molar-refractivity contribution in [3.8, 4) is 0 Å². The number of nitrogens with zero attached hydrogens (tertiary/aromatic N) is 2. The second-order valence-corrected chi connectivity index (χ2v) is 4.40. The molecule has 0 saturated carbocycles. The highest BCUT2D eigenvalue weighted by molar-refractivity contribution is 5.71. The summed E-state index contributed by atoms with van der Waals surface area (Å²) in [4.78, 5) is 12.3. The van der Waals surface area contributed by atoms with Crippen molar-refractivity contribution in [1.29, 1.82) is 0 Å². The third-order valence-electron chi connectivity index (χ3n) is 3.01. The maximum absolute atomic E-state index is 4.58. The summed E-state index contributed by atoms with van der Waals surface area (Å²) >= 11 is 0. The van der Waals surface area contributed by atoms with Gasteiger partial charge in [0.25, 0.3) is 0 Å². The number of pyridine rings is 1. The lowest BCUT2D eigenvalue weighted by molar-refractivity contribution is 0.571. The molecule has 0 radical (unpaired) electrons. The molecule has 0 aliphatic rings. The van der Waals surface area contributed by atoms with Crippen molar-refractivity contribution in [3.63, 3.8) is 0 Å². The van der Waals surface area contributed by atoms with Crippen LogP contribution < -0.4 is 0 Å². The number of hydrogen-bond acceptors (Lipinski definition) is 2. The van der Waals surface area contributed by atoms with E-state index < -0.39 is 0 Å². The van der Waals surface area contributed by atoms with E-state index in [-0.39, 0.29) is 0 Å². The molecule has 3 nitrogen and oxygen atoms in total. The summed E-state index contributed by atoms with van der Waals surface area (Å²) in [7, 11) is 0. The molecule has 0 aliphatic carbocycles. The highest BCUT2D eigenvalue weighted by Gasteiger charge is 2.13. The average Bonchev–Trinajstić information content (AvgIpc) is 2.68. The van der Waals surface area contributed by atoms with Crippen LogP contribution >= 0.6 is 0 Å². The molecule has 16 heavy (non-hydrogen) atoms. The van der Waals surface area contributed by atoms with Crippen LogP contribution in [0, 0.1) is 6.92 Å². The summed E-state index contributed by atoms with van der Waals surface area (Å²) in [6.07, 6.45) is 5.39. The number of fused-ring (bicyclic) bond motifs is 1. The van der Waals surface area contributed by atoms with Gasteiger partial charge >= 0.3 is 0 Å². The molecule has 0 saturated heterocycles. The average molecular weight is 217 g/mol. The van der Waals surface area contributed by atoms with Crippen LogP contribution in [0.3, 0.4) is 0 Å². The van der Waals surface area contributed by atoms with Gasteiger partial charge < -0.3 is 4.98 Å². The number of aryl methyl sites for hydroxylation is 1. The van der Waals surface area contributed by atoms with Crippen molar-refractivity contribution in [2.45, 2.75) is 46.0 Å². The normalized spacial score (nSPS) is 13.2. The van der Waals surface area contributed by atoms with Crippen LogP contribution in [0.25, 0.3) is 11.2 Å². The maximum atomic E-state index is 4.58. The van der Waals surface area contributed by atoms with Crippen molar-refractivity contribution >= 4 is 11.2 Å². The van der Waals surface area contributed by atoms with Gasteiger partial charge in [0, 0.05) is 12.1 Å². The Hall–Kier alpha value is -1.38. The molecule has 1 atom stereocenters. The van der Waals surface area contributed by atoms with Crippen molar-refractivity contribution in [2.75, 3.05) is 0 Å². The molecule has 0 bridgehead atoms. The molecule has 2 rings (SSSR count). The zero-order valence-electron chi connectivity index (χ0n) is 10.2. The molecule has 0 aromatic carbocycles. The van der Waals surface area contributed by atoms with Gasteiger partial charge in [-0.3, -0.25) is 0 Å².